The van der Waals surface area contributed by atoms with Crippen LogP contribution in [0.5, 0.6) is 5.75 Å². The number of rotatable bonds is 7. The van der Waals surface area contributed by atoms with Crippen molar-refractivity contribution in [3.63, 3.8) is 0 Å². The second-order valence-electron chi connectivity index (χ2n) is 7.92. The predicted molar refractivity (Wildman–Crippen MR) is 117 cm³/mol. The van der Waals surface area contributed by atoms with Gasteiger partial charge in [-0.15, -0.1) is 0 Å². The number of methoxy groups -OCH3 is 1. The minimum Gasteiger partial charge on any atom is -0.497 e. The average molecular weight is 423 g/mol. The number of hydrogen-bond donors (Lipinski definition) is 1. The molecular formula is C24H27FN4O2. The largest absolute Gasteiger partial charge is 0.497 e. The van der Waals surface area contributed by atoms with E-state index < -0.39 is 0 Å². The van der Waals surface area contributed by atoms with Gasteiger partial charge in [-0.1, -0.05) is 12.1 Å². The van der Waals surface area contributed by atoms with Crippen LogP contribution >= 0.6 is 0 Å². The normalized spacial score (nSPS) is 16.4. The van der Waals surface area contributed by atoms with Gasteiger partial charge in [-0.3, -0.25) is 9.69 Å². The third-order valence-corrected chi connectivity index (χ3v) is 5.71. The van der Waals surface area contributed by atoms with Crippen molar-refractivity contribution in [2.75, 3.05) is 20.2 Å². The molecule has 1 aliphatic rings. The number of nitrogens with zero attached hydrogens (tertiary/aromatic N) is 3. The highest BCUT2D eigenvalue weighted by molar-refractivity contribution is 5.72. The molecule has 3 aromatic rings. The zero-order valence-corrected chi connectivity index (χ0v) is 17.8. The van der Waals surface area contributed by atoms with Crippen LogP contribution in [0, 0.1) is 5.82 Å². The molecule has 31 heavy (non-hydrogen) atoms. The molecule has 0 bridgehead atoms. The summed E-state index contributed by atoms with van der Waals surface area (Å²) in [6.45, 7) is 4.60. The number of carbonyl (C=O) groups is 1. The van der Waals surface area contributed by atoms with Crippen LogP contribution in [0.15, 0.2) is 54.7 Å². The van der Waals surface area contributed by atoms with Crippen LogP contribution in [0.1, 0.15) is 36.1 Å². The summed E-state index contributed by atoms with van der Waals surface area (Å²) in [4.78, 5) is 13.9. The monoisotopic (exact) mass is 422 g/mol. The molecule has 7 heteroatoms. The lowest BCUT2D eigenvalue weighted by Gasteiger charge is -2.18. The molecule has 1 aliphatic heterocycles. The second-order valence-corrected chi connectivity index (χ2v) is 7.92. The van der Waals surface area contributed by atoms with E-state index in [0.717, 1.165) is 54.3 Å². The SMILES string of the molecule is COc1ccc(-n2ncc(CNC(C)=O)c2[C@H]2CCN(Cc3ccc(F)cc3)C2)cc1. The summed E-state index contributed by atoms with van der Waals surface area (Å²) in [7, 11) is 1.65. The van der Waals surface area contributed by atoms with Gasteiger partial charge in [-0.05, 0) is 54.9 Å². The van der Waals surface area contributed by atoms with E-state index >= 15 is 0 Å². The Labute approximate surface area is 181 Å². The van der Waals surface area contributed by atoms with Gasteiger partial charge in [0.1, 0.15) is 11.6 Å². The summed E-state index contributed by atoms with van der Waals surface area (Å²) < 4.78 is 20.5. The molecule has 2 aromatic carbocycles. The summed E-state index contributed by atoms with van der Waals surface area (Å²) >= 11 is 0. The zero-order valence-electron chi connectivity index (χ0n) is 17.8. The van der Waals surface area contributed by atoms with Crippen LogP contribution in [-0.4, -0.2) is 40.8 Å². The fourth-order valence-corrected chi connectivity index (χ4v) is 4.16. The predicted octanol–water partition coefficient (Wildman–Crippen LogP) is 3.65. The molecule has 1 saturated heterocycles. The molecule has 0 radical (unpaired) electrons. The van der Waals surface area contributed by atoms with E-state index in [4.69, 9.17) is 4.74 Å². The Bertz CT molecular complexity index is 1030. The van der Waals surface area contributed by atoms with E-state index in [0.29, 0.717) is 6.54 Å². The molecule has 0 aliphatic carbocycles. The summed E-state index contributed by atoms with van der Waals surface area (Å²) in [6.07, 6.45) is 2.84. The molecule has 162 valence electrons. The molecule has 1 atom stereocenters. The summed E-state index contributed by atoms with van der Waals surface area (Å²) in [5.74, 6) is 0.803. The highest BCUT2D eigenvalue weighted by atomic mass is 19.1. The van der Waals surface area contributed by atoms with Gasteiger partial charge >= 0.3 is 0 Å². The van der Waals surface area contributed by atoms with Gasteiger partial charge in [-0.2, -0.15) is 5.10 Å². The van der Waals surface area contributed by atoms with E-state index in [-0.39, 0.29) is 17.6 Å². The van der Waals surface area contributed by atoms with Crippen molar-refractivity contribution in [1.29, 1.82) is 0 Å². The maximum Gasteiger partial charge on any atom is 0.217 e. The maximum absolute atomic E-state index is 13.2. The van der Waals surface area contributed by atoms with Gasteiger partial charge in [0.05, 0.1) is 24.7 Å². The van der Waals surface area contributed by atoms with Crippen LogP contribution in [0.4, 0.5) is 4.39 Å². The van der Waals surface area contributed by atoms with E-state index in [2.05, 4.69) is 15.3 Å². The lowest BCUT2D eigenvalue weighted by atomic mass is 10.0. The minimum atomic E-state index is -0.214. The third-order valence-electron chi connectivity index (χ3n) is 5.71. The van der Waals surface area contributed by atoms with Crippen molar-refractivity contribution >= 4 is 5.91 Å². The highest BCUT2D eigenvalue weighted by Gasteiger charge is 2.29. The molecule has 0 spiro atoms. The lowest BCUT2D eigenvalue weighted by Crippen LogP contribution is -2.22. The van der Waals surface area contributed by atoms with Crippen LogP contribution in [0.25, 0.3) is 5.69 Å². The highest BCUT2D eigenvalue weighted by Crippen LogP contribution is 2.32. The fourth-order valence-electron chi connectivity index (χ4n) is 4.16. The first-order valence-corrected chi connectivity index (χ1v) is 10.5. The van der Waals surface area contributed by atoms with Crippen molar-refractivity contribution in [2.45, 2.75) is 32.4 Å². The standard InChI is InChI=1S/C24H27FN4O2/c1-17(30)26-13-20-14-27-29(22-7-9-23(31-2)10-8-22)24(20)19-11-12-28(16-19)15-18-3-5-21(25)6-4-18/h3-10,14,19H,11-13,15-16H2,1-2H3,(H,26,30)/t19-/m0/s1. The Morgan fingerprint density at radius 3 is 2.61 bits per heavy atom. The average Bonchev–Trinajstić information content (AvgIpc) is 3.40. The molecule has 1 aromatic heterocycles. The van der Waals surface area contributed by atoms with E-state index in [1.165, 1.54) is 19.1 Å². The smallest absolute Gasteiger partial charge is 0.217 e. The molecule has 6 nitrogen and oxygen atoms in total. The summed E-state index contributed by atoms with van der Waals surface area (Å²) in [5, 5.41) is 7.55. The molecule has 1 N–H and O–H groups in total. The van der Waals surface area contributed by atoms with Gasteiger partial charge < -0.3 is 10.1 Å². The number of benzene rings is 2. The Balaban J connectivity index is 1.58. The number of aromatic nitrogens is 2. The third kappa shape index (κ3) is 4.94. The number of carbonyl (C=O) groups excluding carboxylic acids is 1. The number of halogens is 1. The Morgan fingerprint density at radius 1 is 1.19 bits per heavy atom. The number of likely N-dealkylation sites (tertiary alicyclic amines) is 1. The van der Waals surface area contributed by atoms with E-state index in [9.17, 15) is 9.18 Å². The first-order valence-electron chi connectivity index (χ1n) is 10.5. The number of nitrogens with one attached hydrogen (secondary N) is 1. The Kier molecular flexibility index (Phi) is 6.32. The quantitative estimate of drug-likeness (QED) is 0.632. The molecule has 4 rings (SSSR count). The second kappa shape index (κ2) is 9.31. The van der Waals surface area contributed by atoms with Crippen LogP contribution in [0.2, 0.25) is 0 Å². The van der Waals surface area contributed by atoms with Gasteiger partial charge in [0.15, 0.2) is 0 Å². The van der Waals surface area contributed by atoms with Gasteiger partial charge in [-0.25, -0.2) is 9.07 Å². The number of hydrogen-bond acceptors (Lipinski definition) is 4. The van der Waals surface area contributed by atoms with E-state index in [1.54, 1.807) is 7.11 Å². The summed E-state index contributed by atoms with van der Waals surface area (Å²) in [6, 6.07) is 14.5. The van der Waals surface area contributed by atoms with Crippen molar-refractivity contribution in [1.82, 2.24) is 20.0 Å². The van der Waals surface area contributed by atoms with Crippen LogP contribution < -0.4 is 10.1 Å². The first kappa shape index (κ1) is 21.1. The van der Waals surface area contributed by atoms with Gasteiger partial charge in [0, 0.05) is 38.0 Å². The number of ether oxygens (including phenoxy) is 1. The number of amides is 1. The minimum absolute atomic E-state index is 0.0625. The maximum atomic E-state index is 13.2. The topological polar surface area (TPSA) is 59.4 Å². The molecule has 1 fully saturated rings. The van der Waals surface area contributed by atoms with Gasteiger partial charge in [0.2, 0.25) is 5.91 Å². The summed E-state index contributed by atoms with van der Waals surface area (Å²) in [5.41, 5.74) is 4.21. The van der Waals surface area contributed by atoms with Gasteiger partial charge in [0.25, 0.3) is 0 Å². The van der Waals surface area contributed by atoms with Crippen molar-refractivity contribution in [3.05, 3.63) is 77.4 Å². The van der Waals surface area contributed by atoms with Crippen LogP contribution in [-0.2, 0) is 17.9 Å². The molecular weight excluding hydrogens is 395 g/mol. The lowest BCUT2D eigenvalue weighted by molar-refractivity contribution is -0.119. The Hall–Kier alpha value is -3.19. The molecule has 0 unspecified atom stereocenters. The van der Waals surface area contributed by atoms with Crippen molar-refractivity contribution in [3.8, 4) is 11.4 Å². The van der Waals surface area contributed by atoms with E-state index in [1.807, 2.05) is 47.3 Å². The van der Waals surface area contributed by atoms with Crippen LogP contribution in [0.3, 0.4) is 0 Å². The van der Waals surface area contributed by atoms with Crippen molar-refractivity contribution in [2.24, 2.45) is 0 Å². The molecule has 2 heterocycles. The molecule has 1 amide bonds. The first-order chi connectivity index (χ1) is 15.0. The molecule has 0 saturated carbocycles. The zero-order chi connectivity index (χ0) is 21.8. The Morgan fingerprint density at radius 2 is 1.94 bits per heavy atom. The van der Waals surface area contributed by atoms with Crippen molar-refractivity contribution < 1.29 is 13.9 Å². The fraction of sp³-hybridized carbons (Fsp3) is 0.333.